The van der Waals surface area contributed by atoms with E-state index < -0.39 is 11.6 Å². The van der Waals surface area contributed by atoms with Crippen LogP contribution in [0.5, 0.6) is 0 Å². The number of carbonyl (C=O) groups excluding carboxylic acids is 1. The summed E-state index contributed by atoms with van der Waals surface area (Å²) >= 11 is 0. The molecule has 1 aromatic rings. The quantitative estimate of drug-likeness (QED) is 0.372. The van der Waals surface area contributed by atoms with Crippen molar-refractivity contribution >= 4 is 11.7 Å². The van der Waals surface area contributed by atoms with Crippen molar-refractivity contribution in [3.63, 3.8) is 0 Å². The molecule has 7 heteroatoms. The second-order valence-corrected chi connectivity index (χ2v) is 4.54. The SMILES string of the molecule is CC(C/C(N)=N/O)N(C)C(=O)Cc1cccc(F)c1F. The van der Waals surface area contributed by atoms with E-state index in [2.05, 4.69) is 5.16 Å². The van der Waals surface area contributed by atoms with Crippen molar-refractivity contribution in [1.82, 2.24) is 4.90 Å². The Hall–Kier alpha value is -2.18. The number of amides is 1. The van der Waals surface area contributed by atoms with Gasteiger partial charge in [-0.1, -0.05) is 17.3 Å². The number of halogens is 2. The molecule has 0 aliphatic rings. The summed E-state index contributed by atoms with van der Waals surface area (Å²) in [5.41, 5.74) is 5.36. The summed E-state index contributed by atoms with van der Waals surface area (Å²) in [7, 11) is 1.52. The minimum absolute atomic E-state index is 0.00199. The van der Waals surface area contributed by atoms with Gasteiger partial charge < -0.3 is 15.8 Å². The molecule has 1 amide bonds. The van der Waals surface area contributed by atoms with Crippen LogP contribution in [0.4, 0.5) is 8.78 Å². The van der Waals surface area contributed by atoms with Gasteiger partial charge in [0.05, 0.1) is 6.42 Å². The Kier molecular flexibility index (Phi) is 5.42. The third-order valence-electron chi connectivity index (χ3n) is 3.06. The summed E-state index contributed by atoms with van der Waals surface area (Å²) in [4.78, 5) is 13.3. The van der Waals surface area contributed by atoms with E-state index >= 15 is 0 Å². The second kappa shape index (κ2) is 6.83. The molecule has 20 heavy (non-hydrogen) atoms. The zero-order valence-electron chi connectivity index (χ0n) is 11.3. The Labute approximate surface area is 115 Å². The van der Waals surface area contributed by atoms with Crippen molar-refractivity contribution in [2.75, 3.05) is 7.05 Å². The lowest BCUT2D eigenvalue weighted by Crippen LogP contribution is -2.38. The predicted octanol–water partition coefficient (Wildman–Crippen LogP) is 1.49. The first-order chi connectivity index (χ1) is 9.36. The lowest BCUT2D eigenvalue weighted by Gasteiger charge is -2.24. The normalized spacial score (nSPS) is 13.1. The van der Waals surface area contributed by atoms with Crippen LogP contribution in [0.3, 0.4) is 0 Å². The molecule has 5 nitrogen and oxygen atoms in total. The molecule has 1 rings (SSSR count). The van der Waals surface area contributed by atoms with Crippen LogP contribution in [0, 0.1) is 11.6 Å². The fraction of sp³-hybridized carbons (Fsp3) is 0.385. The van der Waals surface area contributed by atoms with Crippen molar-refractivity contribution in [2.24, 2.45) is 10.9 Å². The maximum atomic E-state index is 13.5. The molecule has 110 valence electrons. The first-order valence-corrected chi connectivity index (χ1v) is 6.01. The highest BCUT2D eigenvalue weighted by atomic mass is 19.2. The van der Waals surface area contributed by atoms with Gasteiger partial charge in [0, 0.05) is 25.1 Å². The predicted molar refractivity (Wildman–Crippen MR) is 70.3 cm³/mol. The summed E-state index contributed by atoms with van der Waals surface area (Å²) in [6.45, 7) is 1.71. The van der Waals surface area contributed by atoms with Gasteiger partial charge in [-0.3, -0.25) is 4.79 Å². The number of benzene rings is 1. The minimum atomic E-state index is -1.02. The molecule has 0 aliphatic carbocycles. The van der Waals surface area contributed by atoms with Crippen molar-refractivity contribution in [2.45, 2.75) is 25.8 Å². The fourth-order valence-corrected chi connectivity index (χ4v) is 1.70. The van der Waals surface area contributed by atoms with Gasteiger partial charge in [-0.05, 0) is 13.0 Å². The second-order valence-electron chi connectivity index (χ2n) is 4.54. The van der Waals surface area contributed by atoms with E-state index in [1.165, 1.54) is 24.1 Å². The lowest BCUT2D eigenvalue weighted by molar-refractivity contribution is -0.130. The topological polar surface area (TPSA) is 78.9 Å². The first kappa shape index (κ1) is 15.9. The Balaban J connectivity index is 2.73. The molecule has 0 radical (unpaired) electrons. The van der Waals surface area contributed by atoms with E-state index in [1.54, 1.807) is 6.92 Å². The van der Waals surface area contributed by atoms with Crippen LogP contribution < -0.4 is 5.73 Å². The molecule has 0 heterocycles. The zero-order chi connectivity index (χ0) is 15.3. The Morgan fingerprint density at radius 1 is 1.50 bits per heavy atom. The summed E-state index contributed by atoms with van der Waals surface area (Å²) < 4.78 is 26.5. The summed E-state index contributed by atoms with van der Waals surface area (Å²) in [6, 6.07) is 3.38. The van der Waals surface area contributed by atoms with Gasteiger partial charge in [-0.25, -0.2) is 8.78 Å². The molecule has 1 unspecified atom stereocenters. The number of nitrogens with zero attached hydrogens (tertiary/aromatic N) is 2. The third kappa shape index (κ3) is 3.91. The number of carbonyl (C=O) groups is 1. The minimum Gasteiger partial charge on any atom is -0.409 e. The Bertz CT molecular complexity index is 520. The number of hydrogen-bond acceptors (Lipinski definition) is 3. The largest absolute Gasteiger partial charge is 0.409 e. The highest BCUT2D eigenvalue weighted by Crippen LogP contribution is 2.13. The molecule has 0 fully saturated rings. The highest BCUT2D eigenvalue weighted by Gasteiger charge is 2.19. The van der Waals surface area contributed by atoms with Crippen LogP contribution in [0.15, 0.2) is 23.4 Å². The van der Waals surface area contributed by atoms with Crippen LogP contribution in [-0.2, 0) is 11.2 Å². The van der Waals surface area contributed by atoms with Crippen LogP contribution >= 0.6 is 0 Å². The average Bonchev–Trinajstić information content (AvgIpc) is 2.42. The van der Waals surface area contributed by atoms with Gasteiger partial charge in [0.25, 0.3) is 0 Å². The van der Waals surface area contributed by atoms with Crippen molar-refractivity contribution in [1.29, 1.82) is 0 Å². The number of nitrogens with two attached hydrogens (primary N) is 1. The average molecular weight is 285 g/mol. The molecule has 3 N–H and O–H groups in total. The van der Waals surface area contributed by atoms with Gasteiger partial charge in [0.1, 0.15) is 5.84 Å². The number of oxime groups is 1. The van der Waals surface area contributed by atoms with Crippen molar-refractivity contribution < 1.29 is 18.8 Å². The van der Waals surface area contributed by atoms with Crippen LogP contribution in [-0.4, -0.2) is 34.9 Å². The van der Waals surface area contributed by atoms with E-state index in [-0.39, 0.29) is 36.2 Å². The standard InChI is InChI=1S/C13H17F2N3O2/c1-8(6-11(16)17-20)18(2)12(19)7-9-4-3-5-10(14)13(9)15/h3-5,8,20H,6-7H2,1-2H3,(H2,16,17). The highest BCUT2D eigenvalue weighted by molar-refractivity contribution is 5.82. The fourth-order valence-electron chi connectivity index (χ4n) is 1.70. The molecular weight excluding hydrogens is 268 g/mol. The van der Waals surface area contributed by atoms with Crippen LogP contribution in [0.25, 0.3) is 0 Å². The van der Waals surface area contributed by atoms with Gasteiger partial charge in [-0.2, -0.15) is 0 Å². The summed E-state index contributed by atoms with van der Waals surface area (Å²) in [5.74, 6) is -2.39. The van der Waals surface area contributed by atoms with Gasteiger partial charge in [0.15, 0.2) is 11.6 Å². The Morgan fingerprint density at radius 3 is 2.75 bits per heavy atom. The van der Waals surface area contributed by atoms with Crippen molar-refractivity contribution in [3.8, 4) is 0 Å². The smallest absolute Gasteiger partial charge is 0.227 e. The Morgan fingerprint density at radius 2 is 2.15 bits per heavy atom. The lowest BCUT2D eigenvalue weighted by atomic mass is 10.1. The number of rotatable bonds is 5. The molecule has 0 saturated carbocycles. The third-order valence-corrected chi connectivity index (χ3v) is 3.06. The monoisotopic (exact) mass is 285 g/mol. The molecule has 0 saturated heterocycles. The van der Waals surface area contributed by atoms with E-state index in [4.69, 9.17) is 10.9 Å². The summed E-state index contributed by atoms with van der Waals surface area (Å²) in [6.07, 6.45) is -0.0645. The molecule has 0 spiro atoms. The molecule has 0 aromatic heterocycles. The van der Waals surface area contributed by atoms with Crippen LogP contribution in [0.1, 0.15) is 18.9 Å². The van der Waals surface area contributed by atoms with Crippen molar-refractivity contribution in [3.05, 3.63) is 35.4 Å². The van der Waals surface area contributed by atoms with E-state index in [0.29, 0.717) is 0 Å². The maximum absolute atomic E-state index is 13.5. The zero-order valence-corrected chi connectivity index (χ0v) is 11.3. The van der Waals surface area contributed by atoms with E-state index in [9.17, 15) is 13.6 Å². The van der Waals surface area contributed by atoms with E-state index in [0.717, 1.165) is 6.07 Å². The van der Waals surface area contributed by atoms with Gasteiger partial charge >= 0.3 is 0 Å². The molecule has 0 aliphatic heterocycles. The van der Waals surface area contributed by atoms with E-state index in [1.807, 2.05) is 0 Å². The molecule has 1 aromatic carbocycles. The number of amidine groups is 1. The first-order valence-electron chi connectivity index (χ1n) is 6.01. The van der Waals surface area contributed by atoms with Gasteiger partial charge in [-0.15, -0.1) is 0 Å². The molecular formula is C13H17F2N3O2. The molecule has 1 atom stereocenters. The van der Waals surface area contributed by atoms with Gasteiger partial charge in [0.2, 0.25) is 5.91 Å². The molecule has 0 bridgehead atoms. The summed E-state index contributed by atoms with van der Waals surface area (Å²) in [5, 5.41) is 11.3. The maximum Gasteiger partial charge on any atom is 0.227 e. The van der Waals surface area contributed by atoms with Crippen LogP contribution in [0.2, 0.25) is 0 Å². The number of likely N-dealkylation sites (N-methyl/N-ethyl adjacent to an activating group) is 1. The number of hydrogen-bond donors (Lipinski definition) is 2.